The Kier molecular flexibility index (Phi) is 7.92. The summed E-state index contributed by atoms with van der Waals surface area (Å²) in [5.41, 5.74) is 24.3. The van der Waals surface area contributed by atoms with E-state index in [1.165, 1.54) is 116 Å². The molecule has 0 N–H and O–H groups in total. The normalized spacial score (nSPS) is 15.8. The molecule has 1 atom stereocenters. The molecule has 0 saturated carbocycles. The second-order valence-electron chi connectivity index (χ2n) is 18.6. The molecule has 0 fully saturated rings. The third-order valence-corrected chi connectivity index (χ3v) is 14.9. The second-order valence-corrected chi connectivity index (χ2v) is 18.6. The Morgan fingerprint density at radius 2 is 1.25 bits per heavy atom. The number of furan rings is 1. The van der Waals surface area contributed by atoms with Crippen molar-refractivity contribution >= 4 is 44.4 Å². The zero-order valence-corrected chi connectivity index (χ0v) is 36.0. The van der Waals surface area contributed by atoms with E-state index < -0.39 is 0 Å². The van der Waals surface area contributed by atoms with Gasteiger partial charge in [0.05, 0.1) is 11.0 Å². The fourth-order valence-corrected chi connectivity index (χ4v) is 11.8. The van der Waals surface area contributed by atoms with Gasteiger partial charge in [-0.05, 0) is 146 Å². The number of fused-ring (bicyclic) bond motifs is 13. The van der Waals surface area contributed by atoms with Crippen LogP contribution in [-0.4, -0.2) is 4.57 Å². The smallest absolute Gasteiger partial charge is 0.138 e. The van der Waals surface area contributed by atoms with Crippen LogP contribution in [0.1, 0.15) is 73.8 Å². The zero-order valence-electron chi connectivity index (χ0n) is 36.0. The fourth-order valence-electron chi connectivity index (χ4n) is 11.8. The molecule has 3 aliphatic rings. The van der Waals surface area contributed by atoms with Crippen molar-refractivity contribution in [2.24, 2.45) is 0 Å². The summed E-state index contributed by atoms with van der Waals surface area (Å²) in [6, 6.07) is 63.7. The van der Waals surface area contributed by atoms with Crippen molar-refractivity contribution in [3.63, 3.8) is 0 Å². The molecule has 302 valence electrons. The first-order chi connectivity index (χ1) is 30.9. The Bertz CT molecular complexity index is 3650. The van der Waals surface area contributed by atoms with Crippen LogP contribution in [0.25, 0.3) is 94.6 Å². The highest BCUT2D eigenvalue weighted by molar-refractivity contribution is 6.11. The molecule has 0 amide bonds. The number of benzene rings is 8. The van der Waals surface area contributed by atoms with E-state index in [0.717, 1.165) is 36.7 Å². The number of aromatic nitrogens is 1. The largest absolute Gasteiger partial charge is 0.456 e. The summed E-state index contributed by atoms with van der Waals surface area (Å²) in [5, 5.41) is 4.93. The number of para-hydroxylation sites is 1. The third-order valence-electron chi connectivity index (χ3n) is 14.9. The van der Waals surface area contributed by atoms with Gasteiger partial charge >= 0.3 is 0 Å². The van der Waals surface area contributed by atoms with Crippen molar-refractivity contribution < 1.29 is 4.42 Å². The molecular weight excluding hydrogens is 763 g/mol. The minimum atomic E-state index is -0.178. The van der Waals surface area contributed by atoms with Gasteiger partial charge < -0.3 is 8.98 Å². The number of nitrogens with zero attached hydrogens (tertiary/aromatic N) is 1. The predicted octanol–water partition coefficient (Wildman–Crippen LogP) is 14.7. The predicted molar refractivity (Wildman–Crippen MR) is 263 cm³/mol. The minimum absolute atomic E-state index is 0.178. The van der Waals surface area contributed by atoms with Gasteiger partial charge in [0.2, 0.25) is 0 Å². The van der Waals surface area contributed by atoms with E-state index in [1.54, 1.807) is 0 Å². The summed E-state index contributed by atoms with van der Waals surface area (Å²) >= 11 is 0. The lowest BCUT2D eigenvalue weighted by Crippen LogP contribution is -2.26. The molecule has 2 heterocycles. The first kappa shape index (κ1) is 36.5. The third kappa shape index (κ3) is 5.37. The molecule has 0 radical (unpaired) electrons. The highest BCUT2D eigenvalue weighted by Crippen LogP contribution is 2.56. The summed E-state index contributed by atoms with van der Waals surface area (Å²) < 4.78 is 9.14. The average molecular weight is 810 g/mol. The highest BCUT2D eigenvalue weighted by atomic mass is 16.3. The van der Waals surface area contributed by atoms with Gasteiger partial charge in [-0.2, -0.15) is 0 Å². The summed E-state index contributed by atoms with van der Waals surface area (Å²) in [4.78, 5) is 0. The van der Waals surface area contributed by atoms with Crippen molar-refractivity contribution in [3.05, 3.63) is 208 Å². The summed E-state index contributed by atoms with van der Waals surface area (Å²) in [6.07, 6.45) is 6.56. The van der Waals surface area contributed by atoms with Crippen molar-refractivity contribution in [3.8, 4) is 50.2 Å². The highest BCUT2D eigenvalue weighted by Gasteiger charge is 2.40. The molecular formula is C61H47NO. The van der Waals surface area contributed by atoms with E-state index in [4.69, 9.17) is 4.42 Å². The number of hydrogen-bond donors (Lipinski definition) is 0. The van der Waals surface area contributed by atoms with Gasteiger partial charge in [-0.1, -0.05) is 154 Å². The molecule has 1 unspecified atom stereocenters. The van der Waals surface area contributed by atoms with Crippen LogP contribution < -0.4 is 10.6 Å². The summed E-state index contributed by atoms with van der Waals surface area (Å²) in [7, 11) is 0. The molecule has 0 spiro atoms. The molecule has 63 heavy (non-hydrogen) atoms. The van der Waals surface area contributed by atoms with Crippen molar-refractivity contribution in [2.45, 2.75) is 57.8 Å². The van der Waals surface area contributed by atoms with Crippen LogP contribution in [0.4, 0.5) is 0 Å². The average Bonchev–Trinajstić information content (AvgIpc) is 3.96. The van der Waals surface area contributed by atoms with Crippen LogP contribution in [0.5, 0.6) is 0 Å². The van der Waals surface area contributed by atoms with E-state index in [2.05, 4.69) is 201 Å². The Morgan fingerprint density at radius 1 is 0.587 bits per heavy atom. The Balaban J connectivity index is 0.998. The zero-order chi connectivity index (χ0) is 42.0. The van der Waals surface area contributed by atoms with Gasteiger partial charge in [0, 0.05) is 38.1 Å². The maximum Gasteiger partial charge on any atom is 0.138 e. The molecule has 8 aromatic carbocycles. The second kappa shape index (κ2) is 13.7. The van der Waals surface area contributed by atoms with Gasteiger partial charge in [-0.3, -0.25) is 0 Å². The van der Waals surface area contributed by atoms with Gasteiger partial charge in [0.25, 0.3) is 0 Å². The molecule has 2 aromatic heterocycles. The molecule has 0 bridgehead atoms. The van der Waals surface area contributed by atoms with Crippen molar-refractivity contribution in [1.82, 2.24) is 4.57 Å². The maximum atomic E-state index is 6.63. The molecule has 2 heteroatoms. The number of hydrogen-bond acceptors (Lipinski definition) is 1. The molecule has 0 aliphatic heterocycles. The van der Waals surface area contributed by atoms with E-state index in [-0.39, 0.29) is 5.41 Å². The molecule has 0 saturated heterocycles. The summed E-state index contributed by atoms with van der Waals surface area (Å²) in [5.74, 6) is 0.561. The maximum absolute atomic E-state index is 6.63. The minimum Gasteiger partial charge on any atom is -0.456 e. The number of rotatable bonds is 5. The van der Waals surface area contributed by atoms with Crippen LogP contribution in [0, 0.1) is 0 Å². The Labute approximate surface area is 368 Å². The lowest BCUT2D eigenvalue weighted by atomic mass is 9.71. The van der Waals surface area contributed by atoms with E-state index in [1.807, 2.05) is 0 Å². The molecule has 13 rings (SSSR count). The quantitative estimate of drug-likeness (QED) is 0.169. The van der Waals surface area contributed by atoms with Crippen molar-refractivity contribution in [1.29, 1.82) is 0 Å². The van der Waals surface area contributed by atoms with Crippen molar-refractivity contribution in [2.75, 3.05) is 0 Å². The lowest BCUT2D eigenvalue weighted by molar-refractivity contribution is 0.568. The van der Waals surface area contributed by atoms with Crippen LogP contribution in [-0.2, 0) is 11.8 Å². The first-order valence-electron chi connectivity index (χ1n) is 22.8. The Hall–Kier alpha value is -7.16. The van der Waals surface area contributed by atoms with Crippen LogP contribution in [0.15, 0.2) is 174 Å². The van der Waals surface area contributed by atoms with E-state index in [9.17, 15) is 0 Å². The van der Waals surface area contributed by atoms with Gasteiger partial charge in [-0.15, -0.1) is 0 Å². The topological polar surface area (TPSA) is 18.1 Å². The van der Waals surface area contributed by atoms with E-state index in [0.29, 0.717) is 5.92 Å². The van der Waals surface area contributed by atoms with E-state index >= 15 is 0 Å². The standard InChI is InChI=1S/C61H47NO/c1-4-37-33-43-25-29-50-47-30-28-44(36-54(47)61(2,3)59(50)58(43)49-17-9-8-15-45(37)49)62-55-31-26-41(40-23-21-39(22-24-40)38-13-6-5-7-14-38)34-52(55)53-35-42(27-32-56(53)62)46-18-12-19-51-48-16-10-11-20-57(48)63-60(46)51/h5-11,13-17,19-32,34-37H,4,12,18,33H2,1-3H3. The van der Waals surface area contributed by atoms with Crippen LogP contribution in [0.3, 0.4) is 0 Å². The molecule has 3 aliphatic carbocycles. The van der Waals surface area contributed by atoms with Gasteiger partial charge in [0.15, 0.2) is 0 Å². The SMILES string of the molecule is CCC1Cc2ccc3c(c2-c2ccccc21)C(C)(C)c1cc(-n2c4ccc(C5=c6oc7ccccc7c6=CCC5)cc4c4cc(-c5ccc(-c6ccccc6)cc5)ccc42)ccc1-3. The summed E-state index contributed by atoms with van der Waals surface area (Å²) in [6.45, 7) is 7.24. The monoisotopic (exact) mass is 809 g/mol. The fraction of sp³-hybridized carbons (Fsp3) is 0.148. The van der Waals surface area contributed by atoms with Crippen LogP contribution in [0.2, 0.25) is 0 Å². The first-order valence-corrected chi connectivity index (χ1v) is 22.8. The van der Waals surface area contributed by atoms with Gasteiger partial charge in [-0.25, -0.2) is 0 Å². The molecule has 2 nitrogen and oxygen atoms in total. The molecule has 10 aromatic rings. The van der Waals surface area contributed by atoms with Crippen LogP contribution >= 0.6 is 0 Å². The van der Waals surface area contributed by atoms with Gasteiger partial charge in [0.1, 0.15) is 11.0 Å². The lowest BCUT2D eigenvalue weighted by Gasteiger charge is -2.32. The Morgan fingerprint density at radius 3 is 2.06 bits per heavy atom.